The Bertz CT molecular complexity index is 1190. The first-order valence-electron chi connectivity index (χ1n) is 15.2. The monoisotopic (exact) mass is 611 g/mol. The number of aromatic nitrogens is 1. The first-order chi connectivity index (χ1) is 21.5. The van der Waals surface area contributed by atoms with E-state index in [1.165, 1.54) is 14.2 Å². The topological polar surface area (TPSA) is 93.2 Å². The average molecular weight is 612 g/mol. The molecule has 2 aromatic carbocycles. The van der Waals surface area contributed by atoms with Gasteiger partial charge in [-0.25, -0.2) is 9.78 Å². The Kier molecular flexibility index (Phi) is 27.6. The molecule has 0 fully saturated rings. The molecule has 3 rings (SSSR count). The van der Waals surface area contributed by atoms with Gasteiger partial charge >= 0.3 is 11.9 Å². The summed E-state index contributed by atoms with van der Waals surface area (Å²) in [5.74, 6) is -0.447. The number of hydrogen-bond acceptors (Lipinski definition) is 8. The Morgan fingerprint density at radius 3 is 2.16 bits per heavy atom. The smallest absolute Gasteiger partial charge is 0.347 e. The maximum Gasteiger partial charge on any atom is 0.347 e. The van der Waals surface area contributed by atoms with Crippen molar-refractivity contribution >= 4 is 22.8 Å². The highest BCUT2D eigenvalue weighted by molar-refractivity contribution is 5.78. The lowest BCUT2D eigenvalue weighted by Gasteiger charge is -2.18. The SMILES string of the molecule is C/C=C/OCc1ccc2ccccc2n1.C=CCOCc1ccccc1OC(CCC(=O)OC)C(=O)OC.CC.CC.CC. The van der Waals surface area contributed by atoms with Gasteiger partial charge in [0.15, 0.2) is 6.10 Å². The van der Waals surface area contributed by atoms with Crippen molar-refractivity contribution in [1.29, 1.82) is 0 Å². The summed E-state index contributed by atoms with van der Waals surface area (Å²) in [4.78, 5) is 27.6. The Hall–Kier alpha value is -4.17. The number of nitrogens with zero attached hydrogens (tertiary/aromatic N) is 1. The Balaban J connectivity index is 0. The molecular weight excluding hydrogens is 558 g/mol. The van der Waals surface area contributed by atoms with Gasteiger partial charge < -0.3 is 23.7 Å². The van der Waals surface area contributed by atoms with Gasteiger partial charge in [-0.3, -0.25) is 4.79 Å². The second-order valence-corrected chi connectivity index (χ2v) is 7.93. The van der Waals surface area contributed by atoms with Crippen molar-refractivity contribution in [1.82, 2.24) is 4.98 Å². The van der Waals surface area contributed by atoms with Crippen molar-refractivity contribution in [2.75, 3.05) is 20.8 Å². The molecule has 0 radical (unpaired) electrons. The van der Waals surface area contributed by atoms with E-state index in [0.717, 1.165) is 22.2 Å². The van der Waals surface area contributed by atoms with Crippen molar-refractivity contribution < 1.29 is 33.3 Å². The zero-order valence-corrected chi connectivity index (χ0v) is 28.1. The summed E-state index contributed by atoms with van der Waals surface area (Å²) in [6.07, 6.45) is 4.53. The summed E-state index contributed by atoms with van der Waals surface area (Å²) in [5, 5.41) is 1.16. The van der Waals surface area contributed by atoms with Crippen LogP contribution in [0.5, 0.6) is 5.75 Å². The number of methoxy groups -OCH3 is 2. The van der Waals surface area contributed by atoms with Gasteiger partial charge in [-0.2, -0.15) is 0 Å². The quantitative estimate of drug-likeness (QED) is 0.0821. The number of allylic oxidation sites excluding steroid dienone is 1. The standard InChI is InChI=1S/C17H22O6.C13H13NO.3C2H6/c1-4-11-22-12-13-7-5-6-8-14(13)23-15(17(19)21-3)9-10-16(18)20-2;1-2-9-15-10-12-8-7-11-5-3-4-6-13(11)14-12;3*1-2/h4-8,15H,1,9-12H2,2-3H3;2-9H,10H2,1H3;3*1-2H3/b;9-2+;;;. The third-order valence-electron chi connectivity index (χ3n) is 5.16. The molecule has 244 valence electrons. The molecule has 0 bridgehead atoms. The van der Waals surface area contributed by atoms with Crippen LogP contribution < -0.4 is 4.74 Å². The van der Waals surface area contributed by atoms with E-state index < -0.39 is 18.0 Å². The van der Waals surface area contributed by atoms with Gasteiger partial charge in [-0.05, 0) is 25.1 Å². The molecule has 0 N–H and O–H groups in total. The third-order valence-corrected chi connectivity index (χ3v) is 5.16. The molecule has 1 atom stereocenters. The Labute approximate surface area is 265 Å². The van der Waals surface area contributed by atoms with E-state index >= 15 is 0 Å². The minimum absolute atomic E-state index is 0.0609. The molecule has 1 heterocycles. The normalized spacial score (nSPS) is 10.1. The van der Waals surface area contributed by atoms with Crippen molar-refractivity contribution in [2.45, 2.75) is 80.6 Å². The second-order valence-electron chi connectivity index (χ2n) is 7.93. The second kappa shape index (κ2) is 28.9. The van der Waals surface area contributed by atoms with Crippen LogP contribution >= 0.6 is 0 Å². The number of hydrogen-bond donors (Lipinski definition) is 0. The Morgan fingerprint density at radius 1 is 0.864 bits per heavy atom. The van der Waals surface area contributed by atoms with Crippen LogP contribution in [-0.4, -0.2) is 43.9 Å². The van der Waals surface area contributed by atoms with Crippen LogP contribution in [0, 0.1) is 0 Å². The fraction of sp³-hybridized carbons (Fsp3) is 0.417. The fourth-order valence-electron chi connectivity index (χ4n) is 3.27. The van der Waals surface area contributed by atoms with Crippen LogP contribution in [0.2, 0.25) is 0 Å². The van der Waals surface area contributed by atoms with Crippen molar-refractivity contribution in [3.8, 4) is 5.75 Å². The number of benzene rings is 2. The maximum absolute atomic E-state index is 11.8. The van der Waals surface area contributed by atoms with Crippen molar-refractivity contribution in [2.24, 2.45) is 0 Å². The summed E-state index contributed by atoms with van der Waals surface area (Å²) in [5.41, 5.74) is 2.76. The molecule has 0 spiro atoms. The summed E-state index contributed by atoms with van der Waals surface area (Å²) >= 11 is 0. The third kappa shape index (κ3) is 17.7. The van der Waals surface area contributed by atoms with E-state index in [1.54, 1.807) is 24.5 Å². The number of carbonyl (C=O) groups excluding carboxylic acids is 2. The molecule has 0 saturated carbocycles. The highest BCUT2D eigenvalue weighted by atomic mass is 16.6. The van der Waals surface area contributed by atoms with Gasteiger partial charge in [0, 0.05) is 23.8 Å². The van der Waals surface area contributed by atoms with Gasteiger partial charge in [-0.15, -0.1) is 6.58 Å². The summed E-state index contributed by atoms with van der Waals surface area (Å²) in [6.45, 7) is 18.8. The predicted octanol–water partition coefficient (Wildman–Crippen LogP) is 8.63. The lowest BCUT2D eigenvalue weighted by atomic mass is 10.1. The summed E-state index contributed by atoms with van der Waals surface area (Å²) in [7, 11) is 2.57. The molecule has 0 amide bonds. The fourth-order valence-corrected chi connectivity index (χ4v) is 3.27. The maximum atomic E-state index is 11.8. The lowest BCUT2D eigenvalue weighted by Crippen LogP contribution is -2.29. The molecule has 3 aromatic rings. The summed E-state index contributed by atoms with van der Waals surface area (Å²) in [6, 6.07) is 19.3. The molecule has 8 heteroatoms. The van der Waals surface area contributed by atoms with E-state index in [0.29, 0.717) is 25.6 Å². The van der Waals surface area contributed by atoms with Gasteiger partial charge in [0.2, 0.25) is 0 Å². The molecule has 0 aliphatic rings. The number of esters is 2. The average Bonchev–Trinajstić information content (AvgIpc) is 3.09. The van der Waals surface area contributed by atoms with Crippen LogP contribution in [-0.2, 0) is 41.8 Å². The zero-order chi connectivity index (χ0) is 33.6. The van der Waals surface area contributed by atoms with Gasteiger partial charge in [0.05, 0.1) is 44.9 Å². The first kappa shape index (κ1) is 42.0. The van der Waals surface area contributed by atoms with Gasteiger partial charge in [-0.1, -0.05) is 96.2 Å². The molecule has 1 aromatic heterocycles. The van der Waals surface area contributed by atoms with E-state index in [9.17, 15) is 9.59 Å². The molecule has 0 aliphatic heterocycles. The highest BCUT2D eigenvalue weighted by Crippen LogP contribution is 2.22. The molecule has 8 nitrogen and oxygen atoms in total. The van der Waals surface area contributed by atoms with Crippen LogP contribution in [0.15, 0.2) is 85.7 Å². The number of rotatable bonds is 13. The highest BCUT2D eigenvalue weighted by Gasteiger charge is 2.23. The minimum atomic E-state index is -0.889. The van der Waals surface area contributed by atoms with Crippen LogP contribution in [0.1, 0.15) is 72.6 Å². The van der Waals surface area contributed by atoms with Gasteiger partial charge in [0.25, 0.3) is 0 Å². The van der Waals surface area contributed by atoms with E-state index in [4.69, 9.17) is 18.9 Å². The number of para-hydroxylation sites is 2. The number of ether oxygens (including phenoxy) is 5. The molecule has 0 saturated heterocycles. The first-order valence-corrected chi connectivity index (χ1v) is 15.2. The van der Waals surface area contributed by atoms with E-state index in [-0.39, 0.29) is 12.8 Å². The number of carbonyl (C=O) groups is 2. The molecule has 44 heavy (non-hydrogen) atoms. The molecular formula is C36H53NO7. The number of fused-ring (bicyclic) bond motifs is 1. The lowest BCUT2D eigenvalue weighted by molar-refractivity contribution is -0.150. The van der Waals surface area contributed by atoms with E-state index in [1.807, 2.05) is 90.9 Å². The van der Waals surface area contributed by atoms with Crippen LogP contribution in [0.3, 0.4) is 0 Å². The summed E-state index contributed by atoms with van der Waals surface area (Å²) < 4.78 is 25.7. The zero-order valence-electron chi connectivity index (χ0n) is 28.1. The van der Waals surface area contributed by atoms with Crippen molar-refractivity contribution in [3.05, 3.63) is 96.9 Å². The van der Waals surface area contributed by atoms with Crippen LogP contribution in [0.25, 0.3) is 10.9 Å². The predicted molar refractivity (Wildman–Crippen MR) is 179 cm³/mol. The van der Waals surface area contributed by atoms with Crippen LogP contribution in [0.4, 0.5) is 0 Å². The minimum Gasteiger partial charge on any atom is -0.495 e. The van der Waals surface area contributed by atoms with E-state index in [2.05, 4.69) is 28.4 Å². The largest absolute Gasteiger partial charge is 0.495 e. The van der Waals surface area contributed by atoms with Gasteiger partial charge in [0.1, 0.15) is 12.4 Å². The number of pyridine rings is 1. The molecule has 1 unspecified atom stereocenters. The Morgan fingerprint density at radius 2 is 1.52 bits per heavy atom. The van der Waals surface area contributed by atoms with Crippen molar-refractivity contribution in [3.63, 3.8) is 0 Å². The molecule has 0 aliphatic carbocycles.